The average molecular weight is 425 g/mol. The zero-order valence-corrected chi connectivity index (χ0v) is 15.9. The van der Waals surface area contributed by atoms with Crippen molar-refractivity contribution in [2.75, 3.05) is 13.1 Å². The second-order valence-electron chi connectivity index (χ2n) is 7.14. The van der Waals surface area contributed by atoms with Crippen LogP contribution in [0.1, 0.15) is 24.7 Å². The first-order valence-corrected chi connectivity index (χ1v) is 9.25. The van der Waals surface area contributed by atoms with Crippen molar-refractivity contribution in [3.63, 3.8) is 0 Å². The number of hydrogen-bond donors (Lipinski definition) is 0. The fourth-order valence-electron chi connectivity index (χ4n) is 3.70. The van der Waals surface area contributed by atoms with Crippen LogP contribution in [-0.4, -0.2) is 42.8 Å². The molecule has 1 aliphatic rings. The van der Waals surface area contributed by atoms with Gasteiger partial charge in [0.1, 0.15) is 6.54 Å². The summed E-state index contributed by atoms with van der Waals surface area (Å²) < 4.78 is 46.6. The second kappa shape index (κ2) is 7.18. The minimum atomic E-state index is -4.73. The van der Waals surface area contributed by atoms with Crippen LogP contribution in [0.25, 0.3) is 11.1 Å². The summed E-state index contributed by atoms with van der Waals surface area (Å²) in [4.78, 5) is 38.4. The number of aromatic nitrogens is 4. The van der Waals surface area contributed by atoms with Gasteiger partial charge < -0.3 is 9.32 Å². The number of hydrogen-bond acceptors (Lipinski definition) is 5. The Morgan fingerprint density at radius 3 is 2.50 bits per heavy atom. The molecule has 1 amide bonds. The molecule has 3 aromatic rings. The van der Waals surface area contributed by atoms with Crippen molar-refractivity contribution in [2.45, 2.75) is 31.6 Å². The Morgan fingerprint density at radius 2 is 1.87 bits per heavy atom. The lowest BCUT2D eigenvalue weighted by Gasteiger charge is -2.31. The highest BCUT2D eigenvalue weighted by Crippen LogP contribution is 2.28. The number of piperidine rings is 1. The minimum absolute atomic E-state index is 0.206. The number of halogens is 3. The molecule has 2 aromatic heterocycles. The number of amides is 1. The van der Waals surface area contributed by atoms with Crippen molar-refractivity contribution >= 4 is 17.0 Å². The summed E-state index contributed by atoms with van der Waals surface area (Å²) in [5.41, 5.74) is 0.0398. The SMILES string of the molecule is Cn1c(C(F)(F)F)nn(C2CCN(C(=O)Cn3c(=O)oc4ccccc43)CC2)c1=O. The summed E-state index contributed by atoms with van der Waals surface area (Å²) in [6, 6.07) is 6.20. The van der Waals surface area contributed by atoms with Crippen LogP contribution in [-0.2, 0) is 24.6 Å². The van der Waals surface area contributed by atoms with E-state index in [4.69, 9.17) is 4.42 Å². The van der Waals surface area contributed by atoms with Gasteiger partial charge in [-0.3, -0.25) is 13.9 Å². The van der Waals surface area contributed by atoms with E-state index < -0.39 is 29.5 Å². The number of likely N-dealkylation sites (tertiary alicyclic amines) is 1. The lowest BCUT2D eigenvalue weighted by atomic mass is 10.1. The summed E-state index contributed by atoms with van der Waals surface area (Å²) in [6.07, 6.45) is -4.17. The standard InChI is InChI=1S/C18H18F3N5O4/c1-23-15(18(19,20)21)22-26(16(23)28)11-6-8-24(9-7-11)14(27)10-25-12-4-2-3-5-13(12)30-17(25)29/h2-5,11H,6-10H2,1H3. The molecule has 1 aromatic carbocycles. The van der Waals surface area contributed by atoms with Crippen LogP contribution >= 0.6 is 0 Å². The monoisotopic (exact) mass is 425 g/mol. The molecule has 160 valence electrons. The van der Waals surface area contributed by atoms with Gasteiger partial charge in [0, 0.05) is 20.1 Å². The predicted molar refractivity (Wildman–Crippen MR) is 97.8 cm³/mol. The van der Waals surface area contributed by atoms with E-state index in [0.717, 1.165) is 11.7 Å². The van der Waals surface area contributed by atoms with Gasteiger partial charge in [-0.15, -0.1) is 5.10 Å². The summed E-state index contributed by atoms with van der Waals surface area (Å²) in [7, 11) is 1.03. The molecule has 0 aliphatic carbocycles. The van der Waals surface area contributed by atoms with Crippen LogP contribution in [0, 0.1) is 0 Å². The first-order chi connectivity index (χ1) is 14.2. The molecular formula is C18H18F3N5O4. The number of oxazole rings is 1. The average Bonchev–Trinajstić information content (AvgIpc) is 3.18. The third-order valence-corrected chi connectivity index (χ3v) is 5.29. The zero-order valence-electron chi connectivity index (χ0n) is 15.9. The molecule has 0 N–H and O–H groups in total. The molecule has 0 spiro atoms. The molecule has 0 bridgehead atoms. The van der Waals surface area contributed by atoms with Crippen LogP contribution in [0.15, 0.2) is 38.3 Å². The third kappa shape index (κ3) is 3.42. The van der Waals surface area contributed by atoms with Crippen molar-refractivity contribution < 1.29 is 22.4 Å². The number of carbonyl (C=O) groups excluding carboxylic acids is 1. The van der Waals surface area contributed by atoms with Crippen LogP contribution in [0.5, 0.6) is 0 Å². The molecular weight excluding hydrogens is 407 g/mol. The minimum Gasteiger partial charge on any atom is -0.408 e. The Bertz CT molecular complexity index is 1210. The van der Waals surface area contributed by atoms with Gasteiger partial charge in [0.25, 0.3) is 0 Å². The maximum atomic E-state index is 13.0. The van der Waals surface area contributed by atoms with Crippen molar-refractivity contribution in [1.82, 2.24) is 23.8 Å². The number of rotatable bonds is 3. The first-order valence-electron chi connectivity index (χ1n) is 9.25. The number of fused-ring (bicyclic) bond motifs is 1. The molecule has 3 heterocycles. The van der Waals surface area contributed by atoms with Gasteiger partial charge in [0.05, 0.1) is 11.6 Å². The van der Waals surface area contributed by atoms with Gasteiger partial charge >= 0.3 is 17.6 Å². The largest absolute Gasteiger partial charge is 0.451 e. The highest BCUT2D eigenvalue weighted by atomic mass is 19.4. The highest BCUT2D eigenvalue weighted by molar-refractivity contribution is 5.79. The van der Waals surface area contributed by atoms with Crippen LogP contribution < -0.4 is 11.4 Å². The van der Waals surface area contributed by atoms with Gasteiger partial charge in [-0.05, 0) is 25.0 Å². The number of carbonyl (C=O) groups is 1. The quantitative estimate of drug-likeness (QED) is 0.632. The van der Waals surface area contributed by atoms with E-state index in [0.29, 0.717) is 15.7 Å². The van der Waals surface area contributed by atoms with E-state index in [9.17, 15) is 27.6 Å². The number of alkyl halides is 3. The van der Waals surface area contributed by atoms with E-state index in [-0.39, 0.29) is 38.4 Å². The van der Waals surface area contributed by atoms with Crippen molar-refractivity contribution in [3.05, 3.63) is 51.1 Å². The van der Waals surface area contributed by atoms with E-state index in [1.165, 1.54) is 9.47 Å². The molecule has 1 aliphatic heterocycles. The summed E-state index contributed by atoms with van der Waals surface area (Å²) in [6.45, 7) is 0.263. The van der Waals surface area contributed by atoms with E-state index >= 15 is 0 Å². The van der Waals surface area contributed by atoms with Crippen molar-refractivity contribution in [3.8, 4) is 0 Å². The molecule has 0 atom stereocenters. The number of nitrogens with zero attached hydrogens (tertiary/aromatic N) is 5. The Labute approximate surface area is 166 Å². The molecule has 1 saturated heterocycles. The van der Waals surface area contributed by atoms with Crippen LogP contribution in [0.2, 0.25) is 0 Å². The summed E-state index contributed by atoms with van der Waals surface area (Å²) in [5, 5.41) is 3.46. The van der Waals surface area contributed by atoms with Crippen LogP contribution in [0.4, 0.5) is 13.2 Å². The fourth-order valence-corrected chi connectivity index (χ4v) is 3.70. The Morgan fingerprint density at radius 1 is 1.20 bits per heavy atom. The van der Waals surface area contributed by atoms with Gasteiger partial charge in [-0.2, -0.15) is 13.2 Å². The molecule has 0 unspecified atom stereocenters. The Balaban J connectivity index is 1.46. The van der Waals surface area contributed by atoms with Gasteiger partial charge in [0.15, 0.2) is 5.58 Å². The second-order valence-corrected chi connectivity index (χ2v) is 7.14. The number of para-hydroxylation sites is 2. The maximum absolute atomic E-state index is 13.0. The lowest BCUT2D eigenvalue weighted by molar-refractivity contribution is -0.147. The van der Waals surface area contributed by atoms with Gasteiger partial charge in [0.2, 0.25) is 11.7 Å². The van der Waals surface area contributed by atoms with E-state index in [1.54, 1.807) is 24.3 Å². The molecule has 9 nitrogen and oxygen atoms in total. The van der Waals surface area contributed by atoms with Crippen LogP contribution in [0.3, 0.4) is 0 Å². The smallest absolute Gasteiger partial charge is 0.408 e. The van der Waals surface area contributed by atoms with Crippen molar-refractivity contribution in [2.24, 2.45) is 7.05 Å². The molecule has 0 radical (unpaired) electrons. The predicted octanol–water partition coefficient (Wildman–Crippen LogP) is 1.37. The summed E-state index contributed by atoms with van der Waals surface area (Å²) in [5.74, 6) is -2.21. The maximum Gasteiger partial charge on any atom is 0.451 e. The Kier molecular flexibility index (Phi) is 4.79. The topological polar surface area (TPSA) is 95.3 Å². The lowest BCUT2D eigenvalue weighted by Crippen LogP contribution is -2.43. The van der Waals surface area contributed by atoms with Gasteiger partial charge in [-0.1, -0.05) is 12.1 Å². The normalized spacial score (nSPS) is 15.8. The van der Waals surface area contributed by atoms with Gasteiger partial charge in [-0.25, -0.2) is 14.3 Å². The molecule has 12 heteroatoms. The molecule has 0 saturated carbocycles. The Hall–Kier alpha value is -3.31. The molecule has 1 fully saturated rings. The first kappa shape index (κ1) is 20.0. The van der Waals surface area contributed by atoms with Crippen molar-refractivity contribution in [1.29, 1.82) is 0 Å². The third-order valence-electron chi connectivity index (χ3n) is 5.29. The number of benzene rings is 1. The summed E-state index contributed by atoms with van der Waals surface area (Å²) >= 11 is 0. The highest BCUT2D eigenvalue weighted by Gasteiger charge is 2.39. The molecule has 30 heavy (non-hydrogen) atoms. The van der Waals surface area contributed by atoms with E-state index in [1.807, 2.05) is 0 Å². The zero-order chi connectivity index (χ0) is 21.6. The fraction of sp³-hybridized carbons (Fsp3) is 0.444. The molecule has 4 rings (SSSR count). The van der Waals surface area contributed by atoms with E-state index in [2.05, 4.69) is 5.10 Å².